The molecule has 0 spiro atoms. The third-order valence-corrected chi connectivity index (χ3v) is 7.01. The summed E-state index contributed by atoms with van der Waals surface area (Å²) in [5, 5.41) is 6.97. The van der Waals surface area contributed by atoms with Gasteiger partial charge in [-0.25, -0.2) is 0 Å². The molecule has 1 aliphatic heterocycles. The maximum Gasteiger partial charge on any atom is 0.435 e. The largest absolute Gasteiger partial charge is 0.435 e. The van der Waals surface area contributed by atoms with Crippen molar-refractivity contribution in [2.45, 2.75) is 43.5 Å². The first-order valence-corrected chi connectivity index (χ1v) is 11.9. The molecule has 10 heteroatoms. The van der Waals surface area contributed by atoms with Crippen LogP contribution in [0.25, 0.3) is 0 Å². The molecule has 1 saturated carbocycles. The van der Waals surface area contributed by atoms with Crippen molar-refractivity contribution in [1.29, 1.82) is 0 Å². The third kappa shape index (κ3) is 4.33. The molecule has 1 atom stereocenters. The van der Waals surface area contributed by atoms with E-state index in [0.29, 0.717) is 16.7 Å². The van der Waals surface area contributed by atoms with Gasteiger partial charge >= 0.3 is 6.18 Å². The maximum absolute atomic E-state index is 14.3. The first kappa shape index (κ1) is 24.6. The van der Waals surface area contributed by atoms with Crippen molar-refractivity contribution in [2.75, 3.05) is 0 Å². The lowest BCUT2D eigenvalue weighted by molar-refractivity contribution is -0.275. The SMILES string of the molecule is Cc1cc(C2=NOC(c3cc(Cl)cc(Cl)c3)(C(F)(F)F)C2)ccc1C(=O)NC1(c2ccccn2)CC1. The number of amides is 1. The Balaban J connectivity index is 1.39. The normalized spacial score (nSPS) is 20.4. The van der Waals surface area contributed by atoms with Gasteiger partial charge in [0.2, 0.25) is 0 Å². The summed E-state index contributed by atoms with van der Waals surface area (Å²) < 4.78 is 42.8. The van der Waals surface area contributed by atoms with Crippen LogP contribution in [0.2, 0.25) is 10.0 Å². The Morgan fingerprint density at radius 1 is 1.06 bits per heavy atom. The number of halogens is 5. The molecule has 0 bridgehead atoms. The van der Waals surface area contributed by atoms with E-state index < -0.39 is 23.7 Å². The maximum atomic E-state index is 14.3. The first-order valence-electron chi connectivity index (χ1n) is 11.2. The number of carbonyl (C=O) groups is 1. The molecule has 1 aromatic heterocycles. The van der Waals surface area contributed by atoms with Gasteiger partial charge in [-0.3, -0.25) is 9.78 Å². The van der Waals surface area contributed by atoms with Crippen molar-refractivity contribution in [3.8, 4) is 0 Å². The van der Waals surface area contributed by atoms with Crippen molar-refractivity contribution >= 4 is 34.8 Å². The van der Waals surface area contributed by atoms with E-state index in [-0.39, 0.29) is 27.2 Å². The second kappa shape index (κ2) is 8.78. The zero-order valence-corrected chi connectivity index (χ0v) is 20.5. The summed E-state index contributed by atoms with van der Waals surface area (Å²) in [7, 11) is 0. The standard InChI is InChI=1S/C26H20Cl2F3N3O2/c1-15-10-16(5-6-20(15)23(35)33-24(7-8-24)22-4-2-3-9-32-22)21-14-25(36-34-21,26(29,30)31)17-11-18(27)13-19(28)12-17/h2-6,9-13H,7-8,14H2,1H3,(H,33,35). The highest BCUT2D eigenvalue weighted by atomic mass is 35.5. The van der Waals surface area contributed by atoms with E-state index in [1.807, 2.05) is 18.2 Å². The Kier molecular flexibility index (Phi) is 6.00. The van der Waals surface area contributed by atoms with E-state index in [2.05, 4.69) is 15.5 Å². The van der Waals surface area contributed by atoms with Crippen molar-refractivity contribution in [3.63, 3.8) is 0 Å². The highest BCUT2D eigenvalue weighted by Gasteiger charge is 2.62. The smallest absolute Gasteiger partial charge is 0.374 e. The molecule has 1 N–H and O–H groups in total. The number of aryl methyl sites for hydroxylation is 1. The van der Waals surface area contributed by atoms with Gasteiger partial charge in [0.1, 0.15) is 0 Å². The number of aromatic nitrogens is 1. The van der Waals surface area contributed by atoms with Gasteiger partial charge in [0.25, 0.3) is 11.5 Å². The zero-order valence-electron chi connectivity index (χ0n) is 19.0. The molecule has 5 nitrogen and oxygen atoms in total. The number of benzene rings is 2. The highest BCUT2D eigenvalue weighted by Crippen LogP contribution is 2.50. The fraction of sp³-hybridized carbons (Fsp3) is 0.269. The molecule has 0 radical (unpaired) electrons. The van der Waals surface area contributed by atoms with Crippen LogP contribution in [0.5, 0.6) is 0 Å². The highest BCUT2D eigenvalue weighted by molar-refractivity contribution is 6.34. The van der Waals surface area contributed by atoms with Crippen molar-refractivity contribution in [1.82, 2.24) is 10.3 Å². The minimum absolute atomic E-state index is 0.0588. The van der Waals surface area contributed by atoms with Crippen LogP contribution in [0.4, 0.5) is 13.2 Å². The Morgan fingerprint density at radius 3 is 2.36 bits per heavy atom. The van der Waals surface area contributed by atoms with Crippen LogP contribution in [-0.2, 0) is 16.0 Å². The van der Waals surface area contributed by atoms with Crippen LogP contribution in [-0.4, -0.2) is 22.8 Å². The van der Waals surface area contributed by atoms with Gasteiger partial charge < -0.3 is 10.2 Å². The molecule has 2 aromatic carbocycles. The zero-order chi connectivity index (χ0) is 25.7. The first-order chi connectivity index (χ1) is 17.0. The van der Waals surface area contributed by atoms with E-state index in [0.717, 1.165) is 18.5 Å². The quantitative estimate of drug-likeness (QED) is 0.397. The summed E-state index contributed by atoms with van der Waals surface area (Å²) in [6.45, 7) is 1.73. The van der Waals surface area contributed by atoms with Gasteiger partial charge in [-0.15, -0.1) is 0 Å². The number of nitrogens with one attached hydrogen (secondary N) is 1. The van der Waals surface area contributed by atoms with Gasteiger partial charge in [-0.1, -0.05) is 40.5 Å². The average Bonchev–Trinajstić information content (AvgIpc) is 3.44. The van der Waals surface area contributed by atoms with E-state index in [4.69, 9.17) is 28.0 Å². The fourth-order valence-electron chi connectivity index (χ4n) is 4.44. The second-order valence-corrected chi connectivity index (χ2v) is 9.94. The average molecular weight is 534 g/mol. The third-order valence-electron chi connectivity index (χ3n) is 6.58. The minimum atomic E-state index is -4.79. The molecule has 0 saturated heterocycles. The van der Waals surface area contributed by atoms with Crippen molar-refractivity contribution in [2.24, 2.45) is 5.16 Å². The fourth-order valence-corrected chi connectivity index (χ4v) is 4.97. The van der Waals surface area contributed by atoms with Crippen LogP contribution >= 0.6 is 23.2 Å². The molecule has 186 valence electrons. The number of carbonyl (C=O) groups excluding carboxylic acids is 1. The summed E-state index contributed by atoms with van der Waals surface area (Å²) in [6.07, 6.45) is -2.10. The summed E-state index contributed by atoms with van der Waals surface area (Å²) in [5.74, 6) is -0.273. The number of alkyl halides is 3. The molecule has 1 fully saturated rings. The molecular formula is C26H20Cl2F3N3O2. The van der Waals surface area contributed by atoms with Crippen molar-refractivity contribution < 1.29 is 22.8 Å². The van der Waals surface area contributed by atoms with Crippen LogP contribution < -0.4 is 5.32 Å². The van der Waals surface area contributed by atoms with E-state index in [1.165, 1.54) is 18.2 Å². The lowest BCUT2D eigenvalue weighted by Crippen LogP contribution is -2.42. The Labute approximate surface area is 215 Å². The molecule has 1 aliphatic carbocycles. The number of hydrogen-bond donors (Lipinski definition) is 1. The molecule has 1 unspecified atom stereocenters. The summed E-state index contributed by atoms with van der Waals surface area (Å²) in [6, 6.07) is 14.0. The second-order valence-electron chi connectivity index (χ2n) is 9.07. The monoisotopic (exact) mass is 533 g/mol. The summed E-state index contributed by atoms with van der Waals surface area (Å²) in [4.78, 5) is 22.5. The van der Waals surface area contributed by atoms with Gasteiger partial charge in [-0.05, 0) is 73.4 Å². The Bertz CT molecular complexity index is 1350. The number of nitrogens with zero attached hydrogens (tertiary/aromatic N) is 2. The molecular weight excluding hydrogens is 514 g/mol. The van der Waals surface area contributed by atoms with Gasteiger partial charge in [0, 0.05) is 33.8 Å². The van der Waals surface area contributed by atoms with Crippen LogP contribution in [0.1, 0.15) is 52.0 Å². The predicted molar refractivity (Wildman–Crippen MR) is 130 cm³/mol. The minimum Gasteiger partial charge on any atom is -0.374 e. The lowest BCUT2D eigenvalue weighted by Gasteiger charge is -2.29. The van der Waals surface area contributed by atoms with E-state index >= 15 is 0 Å². The topological polar surface area (TPSA) is 63.6 Å². The van der Waals surface area contributed by atoms with Gasteiger partial charge in [0.05, 0.1) is 16.9 Å². The molecule has 2 aliphatic rings. The molecule has 2 heterocycles. The van der Waals surface area contributed by atoms with Crippen molar-refractivity contribution in [3.05, 3.63) is 98.8 Å². The molecule has 36 heavy (non-hydrogen) atoms. The van der Waals surface area contributed by atoms with E-state index in [1.54, 1.807) is 31.3 Å². The van der Waals surface area contributed by atoms with Crippen LogP contribution in [0.15, 0.2) is 65.9 Å². The van der Waals surface area contributed by atoms with Crippen LogP contribution in [0.3, 0.4) is 0 Å². The molecule has 5 rings (SSSR count). The Morgan fingerprint density at radius 2 is 1.78 bits per heavy atom. The number of rotatable bonds is 5. The van der Waals surface area contributed by atoms with Gasteiger partial charge in [-0.2, -0.15) is 13.2 Å². The Hall–Kier alpha value is -3.10. The lowest BCUT2D eigenvalue weighted by atomic mass is 9.86. The number of hydrogen-bond acceptors (Lipinski definition) is 4. The summed E-state index contributed by atoms with van der Waals surface area (Å²) in [5.41, 5.74) is -1.10. The van der Waals surface area contributed by atoms with E-state index in [9.17, 15) is 18.0 Å². The predicted octanol–water partition coefficient (Wildman–Crippen LogP) is 6.70. The molecule has 1 amide bonds. The summed E-state index contributed by atoms with van der Waals surface area (Å²) >= 11 is 11.9. The molecule has 3 aromatic rings. The van der Waals surface area contributed by atoms with Crippen LogP contribution in [0, 0.1) is 6.92 Å². The number of pyridine rings is 1. The van der Waals surface area contributed by atoms with Gasteiger partial charge in [0.15, 0.2) is 0 Å². The number of oxime groups is 1.